The van der Waals surface area contributed by atoms with E-state index >= 15 is 4.79 Å². The molecule has 1 fully saturated rings. The van der Waals surface area contributed by atoms with Crippen molar-refractivity contribution in [3.63, 3.8) is 0 Å². The average Bonchev–Trinajstić information content (AvgIpc) is 0.757. The summed E-state index contributed by atoms with van der Waals surface area (Å²) in [5.74, 6) is -8.78. The Morgan fingerprint density at radius 1 is 0.490 bits per heavy atom. The van der Waals surface area contributed by atoms with Gasteiger partial charge in [0.15, 0.2) is 0 Å². The summed E-state index contributed by atoms with van der Waals surface area (Å²) in [6, 6.07) is 18.9. The normalized spacial score (nSPS) is 21.6. The van der Waals surface area contributed by atoms with E-state index in [1.54, 1.807) is 41.5 Å². The highest BCUT2D eigenvalue weighted by Crippen LogP contribution is 2.37. The number of amides is 8. The maximum Gasteiger partial charge on any atom is 0.329 e. The molecule has 20 heteroatoms. The molecule has 1 aliphatic heterocycles. The van der Waals surface area contributed by atoms with Crippen molar-refractivity contribution in [3.05, 3.63) is 108 Å². The fraction of sp³-hybridized carbons (Fsp3) is 0.632. The molecule has 20 nitrogen and oxygen atoms in total. The van der Waals surface area contributed by atoms with Crippen molar-refractivity contribution < 1.29 is 57.4 Å². The Balaban J connectivity index is 1.90. The van der Waals surface area contributed by atoms with Gasteiger partial charge in [-0.25, -0.2) is 4.79 Å². The third-order valence-corrected chi connectivity index (χ3v) is 17.2. The molecule has 96 heavy (non-hydrogen) atoms. The molecule has 532 valence electrons. The maximum atomic E-state index is 15.2. The van der Waals surface area contributed by atoms with Crippen LogP contribution in [-0.2, 0) is 63.0 Å². The van der Waals surface area contributed by atoms with E-state index in [0.29, 0.717) is 18.8 Å². The lowest BCUT2D eigenvalue weighted by molar-refractivity contribution is -0.158. The van der Waals surface area contributed by atoms with Gasteiger partial charge in [-0.2, -0.15) is 0 Å². The van der Waals surface area contributed by atoms with Gasteiger partial charge in [-0.15, -0.1) is 0 Å². The summed E-state index contributed by atoms with van der Waals surface area (Å²) in [5.41, 5.74) is 0.0715. The van der Waals surface area contributed by atoms with E-state index in [2.05, 4.69) is 56.4 Å². The molecule has 3 aromatic carbocycles. The van der Waals surface area contributed by atoms with Crippen LogP contribution in [0.1, 0.15) is 230 Å². The lowest BCUT2D eigenvalue weighted by Gasteiger charge is -2.37. The first kappa shape index (κ1) is 80.8. The number of nitrogens with one attached hydrogen (secondary N) is 8. The predicted molar refractivity (Wildman–Crippen MR) is 374 cm³/mol. The number of carbonyl (C=O) groups is 10. The summed E-state index contributed by atoms with van der Waals surface area (Å²) in [6.07, 6.45) is 5.86. The van der Waals surface area contributed by atoms with E-state index in [0.717, 1.165) is 61.6 Å². The Morgan fingerprint density at radius 3 is 1.32 bits per heavy atom. The van der Waals surface area contributed by atoms with Gasteiger partial charge in [0.05, 0.1) is 12.8 Å². The summed E-state index contributed by atoms with van der Waals surface area (Å²) in [7, 11) is 0. The number of esters is 2. The second kappa shape index (κ2) is 40.2. The third kappa shape index (κ3) is 27.5. The van der Waals surface area contributed by atoms with Gasteiger partial charge < -0.3 is 52.0 Å². The molecule has 0 bridgehead atoms. The van der Waals surface area contributed by atoms with E-state index < -0.39 is 143 Å². The molecular formula is C76H116N8O12. The number of cyclic esters (lactones) is 1. The van der Waals surface area contributed by atoms with Crippen molar-refractivity contribution >= 4 is 59.2 Å². The van der Waals surface area contributed by atoms with E-state index in [-0.39, 0.29) is 56.3 Å². The summed E-state index contributed by atoms with van der Waals surface area (Å²) in [6.45, 7) is 27.4. The molecule has 1 aliphatic rings. The van der Waals surface area contributed by atoms with E-state index in [9.17, 15) is 43.2 Å². The molecular weight excluding hydrogens is 1220 g/mol. The SMILES string of the molecule is CC[C@H](C)[C@@H]1NC(=O)[C@@H](CC(C)C)NC(=O)[C@H](CC(=O)OC(C)(C)C)NC(=O)[C@H](C(C)C)NC(=O)[C@@H](CC(C)C)NC(=O)[C@H](CC(C)C)NC(=O)[C@H](CCC(=O)NC(c2ccccc2)(c2ccccc2)c2ccccc2)NC(=O)C[C@H](CCCCCCCCCC(C)C)OC1=O. The van der Waals surface area contributed by atoms with Crippen LogP contribution in [0.4, 0.5) is 0 Å². The van der Waals surface area contributed by atoms with Crippen molar-refractivity contribution in [2.75, 3.05) is 0 Å². The zero-order valence-corrected chi connectivity index (χ0v) is 60.2. The first-order valence-corrected chi connectivity index (χ1v) is 35.3. The van der Waals surface area contributed by atoms with Gasteiger partial charge >= 0.3 is 11.9 Å². The molecule has 1 heterocycles. The highest BCUT2D eigenvalue weighted by molar-refractivity contribution is 5.99. The third-order valence-electron chi connectivity index (χ3n) is 17.2. The molecule has 8 amide bonds. The molecule has 0 spiro atoms. The van der Waals surface area contributed by atoms with E-state index in [4.69, 9.17) is 9.47 Å². The Morgan fingerprint density at radius 2 is 0.896 bits per heavy atom. The van der Waals surface area contributed by atoms with Gasteiger partial charge in [0.25, 0.3) is 0 Å². The minimum absolute atomic E-state index is 0.0590. The van der Waals surface area contributed by atoms with Crippen molar-refractivity contribution in [2.45, 2.75) is 273 Å². The first-order valence-electron chi connectivity index (χ1n) is 35.3. The van der Waals surface area contributed by atoms with Gasteiger partial charge in [-0.05, 0) is 111 Å². The molecule has 4 rings (SSSR count). The number of rotatable bonds is 28. The smallest absolute Gasteiger partial charge is 0.329 e. The molecule has 3 aromatic rings. The number of unbranched alkanes of at least 4 members (excludes halogenated alkanes) is 6. The standard InChI is InChI=1S/C76H116N8O12/c1-16-53(12)67-74(94)95-57(40-32-21-19-17-18-20-25-33-48(2)3)46-64(86)77-58(41-42-63(85)84-76(54-34-26-22-27-35-54,55-36-28-23-29-37-55)56-38-30-24-31-39-56)68(88)78-59(43-49(4)5)69(89)79-60(44-50(6)7)71(91)82-66(52(10)11)73(93)81-62(47-65(87)96-75(13,14)15)70(90)80-61(45-51(8)9)72(92)83-67/h22-24,26-31,34-39,48-53,57-62,66-67H,16-21,25,32-33,40-47H2,1-15H3,(H,77,86)(H,78,88)(H,79,89)(H,80,90)(H,81,93)(H,82,91)(H,83,92)(H,84,85)/t53-,57-,58-,59-,60+,61+,62-,66-,67-/m0/s1. The largest absolute Gasteiger partial charge is 0.460 e. The number of ether oxygens (including phenoxy) is 2. The fourth-order valence-corrected chi connectivity index (χ4v) is 12.0. The van der Waals surface area contributed by atoms with Gasteiger partial charge in [-0.3, -0.25) is 43.2 Å². The van der Waals surface area contributed by atoms with Crippen LogP contribution in [0.25, 0.3) is 0 Å². The van der Waals surface area contributed by atoms with Gasteiger partial charge in [-0.1, -0.05) is 225 Å². The van der Waals surface area contributed by atoms with Crippen LogP contribution in [0.3, 0.4) is 0 Å². The number of carbonyl (C=O) groups excluding carboxylic acids is 10. The molecule has 0 aliphatic carbocycles. The van der Waals surface area contributed by atoms with Crippen LogP contribution < -0.4 is 42.5 Å². The number of hydrogen-bond donors (Lipinski definition) is 8. The molecule has 1 saturated heterocycles. The topological polar surface area (TPSA) is 285 Å². The van der Waals surface area contributed by atoms with Crippen LogP contribution in [0, 0.1) is 35.5 Å². The lowest BCUT2D eigenvalue weighted by Crippen LogP contribution is -2.61. The van der Waals surface area contributed by atoms with Crippen LogP contribution in [0.5, 0.6) is 0 Å². The summed E-state index contributed by atoms with van der Waals surface area (Å²) < 4.78 is 11.9. The van der Waals surface area contributed by atoms with Gasteiger partial charge in [0.2, 0.25) is 47.3 Å². The minimum atomic E-state index is -1.63. The highest BCUT2D eigenvalue weighted by Gasteiger charge is 2.41. The monoisotopic (exact) mass is 1330 g/mol. The Labute approximate surface area is 572 Å². The molecule has 9 atom stereocenters. The van der Waals surface area contributed by atoms with Crippen molar-refractivity contribution in [1.29, 1.82) is 0 Å². The molecule has 0 unspecified atom stereocenters. The molecule has 8 N–H and O–H groups in total. The zero-order chi connectivity index (χ0) is 71.3. The molecule has 0 saturated carbocycles. The predicted octanol–water partition coefficient (Wildman–Crippen LogP) is 10.3. The summed E-state index contributed by atoms with van der Waals surface area (Å²) in [4.78, 5) is 147. The van der Waals surface area contributed by atoms with Crippen LogP contribution >= 0.6 is 0 Å². The van der Waals surface area contributed by atoms with Gasteiger partial charge in [0.1, 0.15) is 59.5 Å². The highest BCUT2D eigenvalue weighted by atomic mass is 16.6. The van der Waals surface area contributed by atoms with Crippen LogP contribution in [0.2, 0.25) is 0 Å². The average molecular weight is 1330 g/mol. The Hall–Kier alpha value is -7.64. The summed E-state index contributed by atoms with van der Waals surface area (Å²) >= 11 is 0. The zero-order valence-electron chi connectivity index (χ0n) is 60.2. The van der Waals surface area contributed by atoms with E-state index in [1.165, 1.54) is 0 Å². The number of benzene rings is 3. The molecule has 0 aromatic heterocycles. The van der Waals surface area contributed by atoms with Crippen molar-refractivity contribution in [2.24, 2.45) is 35.5 Å². The summed E-state index contributed by atoms with van der Waals surface area (Å²) in [5, 5.41) is 23.0. The fourth-order valence-electron chi connectivity index (χ4n) is 12.0. The minimum Gasteiger partial charge on any atom is -0.460 e. The Kier molecular flexibility index (Phi) is 33.8. The quantitative estimate of drug-likeness (QED) is 0.0191. The second-order valence-electron chi connectivity index (χ2n) is 29.3. The first-order chi connectivity index (χ1) is 45.3. The number of hydrogen-bond acceptors (Lipinski definition) is 12. The Bertz CT molecular complexity index is 2850. The maximum absolute atomic E-state index is 15.2. The van der Waals surface area contributed by atoms with E-state index in [1.807, 2.05) is 139 Å². The lowest BCUT2D eigenvalue weighted by atomic mass is 9.77. The van der Waals surface area contributed by atoms with Crippen LogP contribution in [-0.4, -0.2) is 113 Å². The van der Waals surface area contributed by atoms with Crippen molar-refractivity contribution in [3.8, 4) is 0 Å². The second-order valence-corrected chi connectivity index (χ2v) is 29.3. The van der Waals surface area contributed by atoms with Gasteiger partial charge in [0, 0.05) is 6.42 Å². The van der Waals surface area contributed by atoms with Crippen molar-refractivity contribution in [1.82, 2.24) is 42.5 Å². The molecule has 0 radical (unpaired) electrons. The van der Waals surface area contributed by atoms with Crippen LogP contribution in [0.15, 0.2) is 91.0 Å².